The summed E-state index contributed by atoms with van der Waals surface area (Å²) in [4.78, 5) is 11.3. The molecule has 0 unspecified atom stereocenters. The van der Waals surface area contributed by atoms with Crippen molar-refractivity contribution < 1.29 is 18.0 Å². The Kier molecular flexibility index (Phi) is 3.92. The van der Waals surface area contributed by atoms with E-state index in [1.54, 1.807) is 0 Å². The Morgan fingerprint density at radius 2 is 1.78 bits per heavy atom. The average Bonchev–Trinajstić information content (AvgIpc) is 2.84. The second-order valence-electron chi connectivity index (χ2n) is 4.69. The largest absolute Gasteiger partial charge is 0.298 e. The maximum absolute atomic E-state index is 14.0. The fourth-order valence-corrected chi connectivity index (χ4v) is 2.44. The normalized spacial score (nSPS) is 10.8. The molecule has 1 heterocycles. The molecule has 0 bridgehead atoms. The van der Waals surface area contributed by atoms with Crippen LogP contribution in [0.1, 0.15) is 10.4 Å². The first-order valence-corrected chi connectivity index (χ1v) is 6.84. The molecule has 0 saturated carbocycles. The molecule has 0 radical (unpaired) electrons. The number of benzene rings is 2. The van der Waals surface area contributed by atoms with Crippen LogP contribution in [0, 0.1) is 17.5 Å². The third-order valence-corrected chi connectivity index (χ3v) is 3.58. The highest BCUT2D eigenvalue weighted by Crippen LogP contribution is 2.31. The molecule has 23 heavy (non-hydrogen) atoms. The van der Waals surface area contributed by atoms with Gasteiger partial charge in [0.2, 0.25) is 0 Å². The van der Waals surface area contributed by atoms with Gasteiger partial charge in [-0.25, -0.2) is 17.9 Å². The van der Waals surface area contributed by atoms with Crippen molar-refractivity contribution >= 4 is 17.9 Å². The van der Waals surface area contributed by atoms with Crippen LogP contribution in [0.5, 0.6) is 0 Å². The van der Waals surface area contributed by atoms with Crippen LogP contribution in [0.3, 0.4) is 0 Å². The van der Waals surface area contributed by atoms with Gasteiger partial charge in [0, 0.05) is 11.6 Å². The number of carbonyl (C=O) groups is 1. The van der Waals surface area contributed by atoms with Gasteiger partial charge >= 0.3 is 0 Å². The van der Waals surface area contributed by atoms with Crippen LogP contribution in [0.4, 0.5) is 13.2 Å². The van der Waals surface area contributed by atoms with Gasteiger partial charge in [-0.05, 0) is 30.3 Å². The molecule has 0 amide bonds. The summed E-state index contributed by atoms with van der Waals surface area (Å²) in [6, 6.07) is 8.26. The number of hydrogen-bond acceptors (Lipinski definition) is 2. The highest BCUT2D eigenvalue weighted by Gasteiger charge is 2.21. The van der Waals surface area contributed by atoms with Gasteiger partial charge in [0.15, 0.2) is 6.29 Å². The summed E-state index contributed by atoms with van der Waals surface area (Å²) in [5.41, 5.74) is 0.0746. The van der Waals surface area contributed by atoms with Crippen molar-refractivity contribution in [3.63, 3.8) is 0 Å². The first-order valence-electron chi connectivity index (χ1n) is 6.46. The molecular weight excluding hydrogens is 329 g/mol. The predicted octanol–water partition coefficient (Wildman–Crippen LogP) is 4.42. The van der Waals surface area contributed by atoms with Crippen LogP contribution >= 0.6 is 11.6 Å². The van der Waals surface area contributed by atoms with Gasteiger partial charge in [-0.15, -0.1) is 0 Å². The number of aromatic nitrogens is 2. The molecule has 116 valence electrons. The Balaban J connectivity index is 2.23. The van der Waals surface area contributed by atoms with Crippen molar-refractivity contribution in [2.24, 2.45) is 0 Å². The lowest BCUT2D eigenvalue weighted by Crippen LogP contribution is -1.97. The number of halogens is 4. The monoisotopic (exact) mass is 336 g/mol. The third-order valence-electron chi connectivity index (χ3n) is 3.22. The van der Waals surface area contributed by atoms with Crippen LogP contribution in [-0.4, -0.2) is 16.1 Å². The van der Waals surface area contributed by atoms with Gasteiger partial charge in [0.1, 0.15) is 28.3 Å². The fraction of sp³-hybridized carbons (Fsp3) is 0. The van der Waals surface area contributed by atoms with Crippen LogP contribution in [0.25, 0.3) is 16.9 Å². The van der Waals surface area contributed by atoms with E-state index in [0.29, 0.717) is 12.4 Å². The number of hydrogen-bond donors (Lipinski definition) is 0. The molecule has 0 saturated heterocycles. The molecule has 0 aliphatic carbocycles. The van der Waals surface area contributed by atoms with E-state index in [2.05, 4.69) is 5.10 Å². The second kappa shape index (κ2) is 5.89. The maximum Gasteiger partial charge on any atom is 0.155 e. The molecule has 1 aromatic heterocycles. The Hall–Kier alpha value is -2.60. The molecule has 0 fully saturated rings. The van der Waals surface area contributed by atoms with Crippen LogP contribution in [0.2, 0.25) is 5.15 Å². The minimum absolute atomic E-state index is 0.0493. The van der Waals surface area contributed by atoms with Crippen molar-refractivity contribution in [2.75, 3.05) is 0 Å². The van der Waals surface area contributed by atoms with Gasteiger partial charge < -0.3 is 0 Å². The summed E-state index contributed by atoms with van der Waals surface area (Å²) in [6.07, 6.45) is 0.420. The molecule has 0 spiro atoms. The standard InChI is InChI=1S/C16H8ClF3N2O/c17-16-13(8-23)15(12-5-4-10(19)7-14(12)20)21-22(16)11-3-1-2-9(18)6-11/h1-8H. The Morgan fingerprint density at radius 3 is 2.43 bits per heavy atom. The highest BCUT2D eigenvalue weighted by molar-refractivity contribution is 6.32. The molecule has 2 aromatic carbocycles. The van der Waals surface area contributed by atoms with Gasteiger partial charge in [-0.3, -0.25) is 4.79 Å². The number of aldehydes is 1. The second-order valence-corrected chi connectivity index (χ2v) is 5.04. The van der Waals surface area contributed by atoms with E-state index in [0.717, 1.165) is 22.9 Å². The molecule has 0 aliphatic rings. The van der Waals surface area contributed by atoms with Crippen molar-refractivity contribution in [2.45, 2.75) is 0 Å². The molecule has 3 aromatic rings. The van der Waals surface area contributed by atoms with E-state index >= 15 is 0 Å². The van der Waals surface area contributed by atoms with E-state index in [-0.39, 0.29) is 27.7 Å². The van der Waals surface area contributed by atoms with Gasteiger partial charge in [-0.2, -0.15) is 5.10 Å². The zero-order valence-electron chi connectivity index (χ0n) is 11.4. The zero-order valence-corrected chi connectivity index (χ0v) is 12.2. The van der Waals surface area contributed by atoms with E-state index in [9.17, 15) is 18.0 Å². The smallest absolute Gasteiger partial charge is 0.155 e. The van der Waals surface area contributed by atoms with Gasteiger partial charge in [-0.1, -0.05) is 17.7 Å². The predicted molar refractivity (Wildman–Crippen MR) is 79.3 cm³/mol. The van der Waals surface area contributed by atoms with Crippen LogP contribution < -0.4 is 0 Å². The molecule has 3 nitrogen and oxygen atoms in total. The zero-order chi connectivity index (χ0) is 16.6. The highest BCUT2D eigenvalue weighted by atomic mass is 35.5. The van der Waals surface area contributed by atoms with E-state index < -0.39 is 17.5 Å². The minimum Gasteiger partial charge on any atom is -0.298 e. The topological polar surface area (TPSA) is 34.9 Å². The summed E-state index contributed by atoms with van der Waals surface area (Å²) in [5, 5.41) is 3.98. The maximum atomic E-state index is 14.0. The lowest BCUT2D eigenvalue weighted by molar-refractivity contribution is 0.112. The average molecular weight is 337 g/mol. The summed E-state index contributed by atoms with van der Waals surface area (Å²) in [6.45, 7) is 0. The minimum atomic E-state index is -0.881. The first-order chi connectivity index (χ1) is 11.0. The van der Waals surface area contributed by atoms with E-state index in [1.165, 1.54) is 18.2 Å². The fourth-order valence-electron chi connectivity index (χ4n) is 2.17. The van der Waals surface area contributed by atoms with E-state index in [1.807, 2.05) is 0 Å². The summed E-state index contributed by atoms with van der Waals surface area (Å²) in [7, 11) is 0. The van der Waals surface area contributed by atoms with Gasteiger partial charge in [0.25, 0.3) is 0 Å². The van der Waals surface area contributed by atoms with Crippen LogP contribution in [-0.2, 0) is 0 Å². The number of nitrogens with zero attached hydrogens (tertiary/aromatic N) is 2. The van der Waals surface area contributed by atoms with Crippen molar-refractivity contribution in [3.05, 3.63) is 70.6 Å². The van der Waals surface area contributed by atoms with Crippen molar-refractivity contribution in [1.29, 1.82) is 0 Å². The summed E-state index contributed by atoms with van der Waals surface area (Å²) < 4.78 is 41.5. The first kappa shape index (κ1) is 15.3. The number of carbonyl (C=O) groups excluding carboxylic acids is 1. The van der Waals surface area contributed by atoms with Crippen molar-refractivity contribution in [3.8, 4) is 16.9 Å². The lowest BCUT2D eigenvalue weighted by Gasteiger charge is -2.03. The van der Waals surface area contributed by atoms with Crippen molar-refractivity contribution in [1.82, 2.24) is 9.78 Å². The Bertz CT molecular complexity index is 908. The molecule has 7 heteroatoms. The quantitative estimate of drug-likeness (QED) is 0.663. The number of rotatable bonds is 3. The molecule has 0 N–H and O–H groups in total. The third kappa shape index (κ3) is 2.73. The molecule has 3 rings (SSSR count). The molecule has 0 aliphatic heterocycles. The summed E-state index contributed by atoms with van der Waals surface area (Å²) >= 11 is 6.10. The molecule has 0 atom stereocenters. The Morgan fingerprint density at radius 1 is 1.04 bits per heavy atom. The Labute approximate surface area is 133 Å². The lowest BCUT2D eigenvalue weighted by atomic mass is 10.1. The SMILES string of the molecule is O=Cc1c(-c2ccc(F)cc2F)nn(-c2cccc(F)c2)c1Cl. The molecular formula is C16H8ClF3N2O. The summed E-state index contributed by atoms with van der Waals surface area (Å²) in [5.74, 6) is -2.15. The van der Waals surface area contributed by atoms with Gasteiger partial charge in [0.05, 0.1) is 11.3 Å². The van der Waals surface area contributed by atoms with Crippen LogP contribution in [0.15, 0.2) is 42.5 Å². The van der Waals surface area contributed by atoms with E-state index in [4.69, 9.17) is 11.6 Å².